The number of aromatic hydroxyl groups is 1. The molecule has 3 N–H and O–H groups in total. The van der Waals surface area contributed by atoms with Crippen LogP contribution < -0.4 is 11.0 Å². The van der Waals surface area contributed by atoms with Gasteiger partial charge in [0.05, 0.1) is 11.9 Å². The molecule has 1 aromatic carbocycles. The summed E-state index contributed by atoms with van der Waals surface area (Å²) < 4.78 is 1.21. The minimum Gasteiger partial charge on any atom is -0.494 e. The Morgan fingerprint density at radius 2 is 2.07 bits per heavy atom. The molecule has 8 nitrogen and oxygen atoms in total. The third kappa shape index (κ3) is 4.10. The van der Waals surface area contributed by atoms with Crippen molar-refractivity contribution >= 4 is 35.9 Å². The van der Waals surface area contributed by atoms with E-state index in [4.69, 9.17) is 23.8 Å². The number of nitrogens with one attached hydrogen (secondary N) is 2. The summed E-state index contributed by atoms with van der Waals surface area (Å²) in [4.78, 5) is 30.3. The third-order valence-corrected chi connectivity index (χ3v) is 4.01. The number of halogens is 1. The van der Waals surface area contributed by atoms with E-state index in [2.05, 4.69) is 20.5 Å². The normalized spacial score (nSPS) is 10.9. The number of aromatic nitrogens is 3. The zero-order valence-corrected chi connectivity index (χ0v) is 15.2. The number of amides is 1. The fourth-order valence-electron chi connectivity index (χ4n) is 2.23. The van der Waals surface area contributed by atoms with E-state index in [9.17, 15) is 14.7 Å². The lowest BCUT2D eigenvalue weighted by Gasteiger charge is -2.11. The monoisotopic (exact) mass is 401 g/mol. The SMILES string of the molecule is O=C(NN=Cc1c(O)n(-c2cccc(Cl)c2)c(=S)[nH]c1=O)c1ccncc1. The molecule has 136 valence electrons. The van der Waals surface area contributed by atoms with Gasteiger partial charge in [0.2, 0.25) is 5.88 Å². The van der Waals surface area contributed by atoms with Gasteiger partial charge in [-0.1, -0.05) is 17.7 Å². The predicted molar refractivity (Wildman–Crippen MR) is 103 cm³/mol. The molecule has 0 unspecified atom stereocenters. The highest BCUT2D eigenvalue weighted by molar-refractivity contribution is 7.71. The number of rotatable bonds is 4. The molecule has 2 heterocycles. The van der Waals surface area contributed by atoms with Gasteiger partial charge in [-0.15, -0.1) is 0 Å². The number of carbonyl (C=O) groups is 1. The lowest BCUT2D eigenvalue weighted by Crippen LogP contribution is -2.21. The molecular formula is C17H12ClN5O3S. The quantitative estimate of drug-likeness (QED) is 0.353. The van der Waals surface area contributed by atoms with Crippen molar-refractivity contribution in [3.05, 3.63) is 80.1 Å². The molecule has 0 spiro atoms. The summed E-state index contributed by atoms with van der Waals surface area (Å²) in [5, 5.41) is 14.7. The molecule has 0 saturated carbocycles. The number of aromatic amines is 1. The largest absolute Gasteiger partial charge is 0.494 e. The standard InChI is InChI=1S/C17H12ClN5O3S/c18-11-2-1-3-12(8-11)23-16(26)13(15(25)21-17(23)27)9-20-22-14(24)10-4-6-19-7-5-10/h1-9,26H,(H,22,24)(H,21,25,27). The van der Waals surface area contributed by atoms with Gasteiger partial charge in [0, 0.05) is 23.0 Å². The number of pyridine rings is 1. The summed E-state index contributed by atoms with van der Waals surface area (Å²) in [5.41, 5.74) is 2.23. The Labute approximate surface area is 162 Å². The van der Waals surface area contributed by atoms with Crippen molar-refractivity contribution in [2.75, 3.05) is 0 Å². The molecule has 0 aliphatic heterocycles. The second-order valence-corrected chi connectivity index (χ2v) is 6.07. The van der Waals surface area contributed by atoms with Gasteiger partial charge >= 0.3 is 0 Å². The van der Waals surface area contributed by atoms with Gasteiger partial charge in [-0.3, -0.25) is 24.1 Å². The molecule has 1 amide bonds. The van der Waals surface area contributed by atoms with Crippen molar-refractivity contribution < 1.29 is 9.90 Å². The van der Waals surface area contributed by atoms with E-state index in [-0.39, 0.29) is 10.3 Å². The van der Waals surface area contributed by atoms with E-state index in [0.717, 1.165) is 6.21 Å². The van der Waals surface area contributed by atoms with E-state index in [1.54, 1.807) is 24.3 Å². The first kappa shape index (κ1) is 18.5. The van der Waals surface area contributed by atoms with Crippen LogP contribution in [0.15, 0.2) is 58.7 Å². The summed E-state index contributed by atoms with van der Waals surface area (Å²) >= 11 is 11.1. The molecule has 0 fully saturated rings. The Morgan fingerprint density at radius 1 is 1.33 bits per heavy atom. The van der Waals surface area contributed by atoms with E-state index in [1.165, 1.54) is 29.1 Å². The van der Waals surface area contributed by atoms with Crippen LogP contribution in [-0.2, 0) is 0 Å². The molecule has 2 aromatic heterocycles. The molecule has 0 atom stereocenters. The Balaban J connectivity index is 1.94. The van der Waals surface area contributed by atoms with Crippen LogP contribution >= 0.6 is 23.8 Å². The zero-order valence-electron chi connectivity index (χ0n) is 13.6. The maximum absolute atomic E-state index is 12.1. The number of hydrogen-bond donors (Lipinski definition) is 3. The molecule has 3 aromatic rings. The molecule has 0 radical (unpaired) electrons. The number of nitrogens with zero attached hydrogens (tertiary/aromatic N) is 3. The van der Waals surface area contributed by atoms with Gasteiger partial charge < -0.3 is 5.11 Å². The summed E-state index contributed by atoms with van der Waals surface area (Å²) in [6, 6.07) is 9.58. The van der Waals surface area contributed by atoms with Crippen LogP contribution in [-0.4, -0.2) is 31.8 Å². The molecule has 10 heteroatoms. The van der Waals surface area contributed by atoms with Crippen LogP contribution in [0.25, 0.3) is 5.69 Å². The first-order valence-electron chi connectivity index (χ1n) is 7.55. The topological polar surface area (TPSA) is 112 Å². The van der Waals surface area contributed by atoms with Crippen molar-refractivity contribution in [2.45, 2.75) is 0 Å². The van der Waals surface area contributed by atoms with Crippen LogP contribution in [0.1, 0.15) is 15.9 Å². The second-order valence-electron chi connectivity index (χ2n) is 5.25. The average molecular weight is 402 g/mol. The summed E-state index contributed by atoms with van der Waals surface area (Å²) in [6.07, 6.45) is 3.96. The molecule has 27 heavy (non-hydrogen) atoms. The van der Waals surface area contributed by atoms with Gasteiger partial charge in [-0.05, 0) is 42.5 Å². The van der Waals surface area contributed by atoms with Crippen molar-refractivity contribution in [1.29, 1.82) is 0 Å². The summed E-state index contributed by atoms with van der Waals surface area (Å²) in [6.45, 7) is 0. The van der Waals surface area contributed by atoms with Crippen LogP contribution in [0.4, 0.5) is 0 Å². The van der Waals surface area contributed by atoms with Crippen molar-refractivity contribution in [1.82, 2.24) is 20.0 Å². The number of benzene rings is 1. The van der Waals surface area contributed by atoms with E-state index in [1.807, 2.05) is 0 Å². The van der Waals surface area contributed by atoms with Gasteiger partial charge in [0.15, 0.2) is 4.77 Å². The number of hydrazone groups is 1. The van der Waals surface area contributed by atoms with E-state index in [0.29, 0.717) is 16.3 Å². The van der Waals surface area contributed by atoms with Gasteiger partial charge in [0.25, 0.3) is 11.5 Å². The van der Waals surface area contributed by atoms with Crippen LogP contribution in [0.3, 0.4) is 0 Å². The Kier molecular flexibility index (Phi) is 5.43. The highest BCUT2D eigenvalue weighted by Gasteiger charge is 2.13. The minimum atomic E-state index is -0.655. The first-order valence-corrected chi connectivity index (χ1v) is 8.33. The van der Waals surface area contributed by atoms with Crippen molar-refractivity contribution in [3.63, 3.8) is 0 Å². The highest BCUT2D eigenvalue weighted by Crippen LogP contribution is 2.21. The average Bonchev–Trinajstić information content (AvgIpc) is 2.65. The number of carbonyl (C=O) groups excluding carboxylic acids is 1. The van der Waals surface area contributed by atoms with E-state index >= 15 is 0 Å². The highest BCUT2D eigenvalue weighted by atomic mass is 35.5. The molecule has 3 rings (SSSR count). The van der Waals surface area contributed by atoms with Gasteiger partial charge in [0.1, 0.15) is 5.56 Å². The smallest absolute Gasteiger partial charge is 0.271 e. The zero-order chi connectivity index (χ0) is 19.4. The maximum atomic E-state index is 12.1. The number of hydrogen-bond acceptors (Lipinski definition) is 6. The molecule has 0 aliphatic carbocycles. The van der Waals surface area contributed by atoms with Crippen LogP contribution in [0, 0.1) is 4.77 Å². The fourth-order valence-corrected chi connectivity index (χ4v) is 2.70. The van der Waals surface area contributed by atoms with Crippen LogP contribution in [0.5, 0.6) is 5.88 Å². The summed E-state index contributed by atoms with van der Waals surface area (Å²) in [5.74, 6) is -0.930. The molecule has 0 bridgehead atoms. The second kappa shape index (κ2) is 7.94. The third-order valence-electron chi connectivity index (χ3n) is 3.49. The fraction of sp³-hybridized carbons (Fsp3) is 0. The molecular weight excluding hydrogens is 390 g/mol. The molecule has 0 saturated heterocycles. The lowest BCUT2D eigenvalue weighted by atomic mass is 10.2. The van der Waals surface area contributed by atoms with Crippen LogP contribution in [0.2, 0.25) is 5.02 Å². The Hall–Kier alpha value is -3.30. The number of H-pyrrole nitrogens is 1. The van der Waals surface area contributed by atoms with E-state index < -0.39 is 17.3 Å². The first-order chi connectivity index (χ1) is 13.0. The minimum absolute atomic E-state index is 0.0160. The Morgan fingerprint density at radius 3 is 2.78 bits per heavy atom. The maximum Gasteiger partial charge on any atom is 0.271 e. The van der Waals surface area contributed by atoms with Crippen molar-refractivity contribution in [2.24, 2.45) is 5.10 Å². The van der Waals surface area contributed by atoms with Crippen molar-refractivity contribution in [3.8, 4) is 11.6 Å². The molecule has 0 aliphatic rings. The summed E-state index contributed by atoms with van der Waals surface area (Å²) in [7, 11) is 0. The Bertz CT molecular complexity index is 1140. The predicted octanol–water partition coefficient (Wildman–Crippen LogP) is 2.41. The van der Waals surface area contributed by atoms with Gasteiger partial charge in [-0.2, -0.15) is 5.10 Å². The lowest BCUT2D eigenvalue weighted by molar-refractivity contribution is 0.0955. The van der Waals surface area contributed by atoms with Gasteiger partial charge in [-0.25, -0.2) is 5.43 Å².